The topological polar surface area (TPSA) is 72.4 Å². The molecule has 0 amide bonds. The summed E-state index contributed by atoms with van der Waals surface area (Å²) < 4.78 is 0. The van der Waals surface area contributed by atoms with Crippen molar-refractivity contribution in [3.05, 3.63) is 38.9 Å². The van der Waals surface area contributed by atoms with Gasteiger partial charge in [-0.3, -0.25) is 15.0 Å². The van der Waals surface area contributed by atoms with Crippen molar-refractivity contribution in [3.8, 4) is 0 Å². The first-order chi connectivity index (χ1) is 10.1. The minimum absolute atomic E-state index is 0.0449. The number of hydrogen-bond donors (Lipinski definition) is 1. The van der Waals surface area contributed by atoms with Gasteiger partial charge in [-0.25, -0.2) is 0 Å². The fraction of sp³-hybridized carbons (Fsp3) is 0.625. The summed E-state index contributed by atoms with van der Waals surface area (Å²) in [5, 5.41) is 11.4. The second kappa shape index (κ2) is 6.12. The second-order valence-corrected chi connectivity index (χ2v) is 6.27. The molecule has 1 heterocycles. The number of nitrogens with two attached hydrogens (primary N) is 1. The van der Waals surface area contributed by atoms with Gasteiger partial charge in [-0.1, -0.05) is 6.42 Å². The summed E-state index contributed by atoms with van der Waals surface area (Å²) in [6, 6.07) is 3.73. The van der Waals surface area contributed by atoms with Gasteiger partial charge in [0.2, 0.25) is 0 Å². The average molecular weight is 289 g/mol. The number of nitro groups is 1. The van der Waals surface area contributed by atoms with Gasteiger partial charge in [0.1, 0.15) is 0 Å². The minimum Gasteiger partial charge on any atom is -0.324 e. The standard InChI is InChI=1S/C16H23N3O2/c17-15-6-4-5-12-9-13(11-18-7-2-1-3-8-18)16(19(20)21)10-14(12)15/h9-10,15H,1-8,11,17H2. The van der Waals surface area contributed by atoms with Crippen molar-refractivity contribution < 1.29 is 4.92 Å². The van der Waals surface area contributed by atoms with Gasteiger partial charge < -0.3 is 5.73 Å². The van der Waals surface area contributed by atoms with E-state index >= 15 is 0 Å². The van der Waals surface area contributed by atoms with E-state index in [1.54, 1.807) is 6.07 Å². The molecule has 5 nitrogen and oxygen atoms in total. The Morgan fingerprint density at radius 1 is 1.24 bits per heavy atom. The van der Waals surface area contributed by atoms with Crippen molar-refractivity contribution in [2.24, 2.45) is 5.73 Å². The number of nitro benzene ring substituents is 1. The molecule has 1 aliphatic carbocycles. The molecule has 2 N–H and O–H groups in total. The van der Waals surface area contributed by atoms with Gasteiger partial charge in [-0.2, -0.15) is 0 Å². The third-order valence-corrected chi connectivity index (χ3v) is 4.74. The Kier molecular flexibility index (Phi) is 4.22. The first-order valence-corrected chi connectivity index (χ1v) is 7.93. The second-order valence-electron chi connectivity index (χ2n) is 6.27. The van der Waals surface area contributed by atoms with Gasteiger partial charge >= 0.3 is 0 Å². The zero-order valence-corrected chi connectivity index (χ0v) is 12.4. The lowest BCUT2D eigenvalue weighted by molar-refractivity contribution is -0.385. The first kappa shape index (κ1) is 14.5. The summed E-state index contributed by atoms with van der Waals surface area (Å²) in [4.78, 5) is 13.5. The van der Waals surface area contributed by atoms with E-state index < -0.39 is 0 Å². The lowest BCUT2D eigenvalue weighted by Crippen LogP contribution is -2.29. The lowest BCUT2D eigenvalue weighted by atomic mass is 9.86. The largest absolute Gasteiger partial charge is 0.324 e. The molecule has 1 aliphatic heterocycles. The quantitative estimate of drug-likeness (QED) is 0.686. The van der Waals surface area contributed by atoms with Crippen molar-refractivity contribution in [3.63, 3.8) is 0 Å². The van der Waals surface area contributed by atoms with Crippen LogP contribution in [0.15, 0.2) is 12.1 Å². The highest BCUT2D eigenvalue weighted by molar-refractivity contribution is 5.49. The molecule has 0 aromatic heterocycles. The predicted octanol–water partition coefficient (Wildman–Crippen LogP) is 2.92. The van der Waals surface area contributed by atoms with Crippen LogP contribution in [-0.2, 0) is 13.0 Å². The molecule has 3 rings (SSSR count). The summed E-state index contributed by atoms with van der Waals surface area (Å²) >= 11 is 0. The Morgan fingerprint density at radius 2 is 2.00 bits per heavy atom. The molecule has 1 aromatic carbocycles. The third kappa shape index (κ3) is 3.09. The number of piperidine rings is 1. The SMILES string of the molecule is NC1CCCc2cc(CN3CCCCC3)c([N+](=O)[O-])cc21. The van der Waals surface area contributed by atoms with Gasteiger partial charge in [-0.15, -0.1) is 0 Å². The molecule has 114 valence electrons. The van der Waals surface area contributed by atoms with Crippen LogP contribution >= 0.6 is 0 Å². The van der Waals surface area contributed by atoms with Crippen molar-refractivity contribution in [2.75, 3.05) is 13.1 Å². The monoisotopic (exact) mass is 289 g/mol. The van der Waals surface area contributed by atoms with E-state index in [4.69, 9.17) is 5.73 Å². The van der Waals surface area contributed by atoms with Gasteiger partial charge in [0.15, 0.2) is 0 Å². The number of nitrogens with zero attached hydrogens (tertiary/aromatic N) is 2. The van der Waals surface area contributed by atoms with Crippen LogP contribution in [0.25, 0.3) is 0 Å². The van der Waals surface area contributed by atoms with Crippen LogP contribution in [0.3, 0.4) is 0 Å². The van der Waals surface area contributed by atoms with E-state index in [1.165, 1.54) is 24.8 Å². The summed E-state index contributed by atoms with van der Waals surface area (Å²) in [6.45, 7) is 2.79. The summed E-state index contributed by atoms with van der Waals surface area (Å²) in [7, 11) is 0. The van der Waals surface area contributed by atoms with Gasteiger partial charge in [0.05, 0.1) is 4.92 Å². The van der Waals surface area contributed by atoms with Crippen LogP contribution in [0.5, 0.6) is 0 Å². The number of likely N-dealkylation sites (tertiary alicyclic amines) is 1. The van der Waals surface area contributed by atoms with Gasteiger partial charge in [-0.05, 0) is 62.4 Å². The number of fused-ring (bicyclic) bond motifs is 1. The number of benzene rings is 1. The van der Waals surface area contributed by atoms with E-state index in [2.05, 4.69) is 4.90 Å². The molecular weight excluding hydrogens is 266 g/mol. The number of rotatable bonds is 3. The van der Waals surface area contributed by atoms with Crippen molar-refractivity contribution in [1.82, 2.24) is 4.90 Å². The smallest absolute Gasteiger partial charge is 0.274 e. The zero-order valence-electron chi connectivity index (χ0n) is 12.4. The summed E-state index contributed by atoms with van der Waals surface area (Å²) in [6.07, 6.45) is 6.67. The maximum absolute atomic E-state index is 11.4. The van der Waals surface area contributed by atoms with E-state index in [0.29, 0.717) is 6.54 Å². The number of aryl methyl sites for hydroxylation is 1. The van der Waals surface area contributed by atoms with Crippen LogP contribution in [0.1, 0.15) is 54.8 Å². The minimum atomic E-state index is -0.249. The first-order valence-electron chi connectivity index (χ1n) is 7.93. The van der Waals surface area contributed by atoms with Gasteiger partial charge in [0, 0.05) is 24.2 Å². The van der Waals surface area contributed by atoms with Crippen molar-refractivity contribution in [2.45, 2.75) is 51.1 Å². The molecule has 2 aliphatic rings. The Labute approximate surface area is 125 Å². The number of hydrogen-bond acceptors (Lipinski definition) is 4. The molecule has 1 fully saturated rings. The third-order valence-electron chi connectivity index (χ3n) is 4.74. The van der Waals surface area contributed by atoms with Crippen LogP contribution in [0.4, 0.5) is 5.69 Å². The molecule has 0 bridgehead atoms. The highest BCUT2D eigenvalue weighted by Gasteiger charge is 2.25. The molecule has 0 saturated carbocycles. The van der Waals surface area contributed by atoms with E-state index in [1.807, 2.05) is 6.07 Å². The fourth-order valence-corrected chi connectivity index (χ4v) is 3.58. The summed E-state index contributed by atoms with van der Waals surface area (Å²) in [5.41, 5.74) is 9.42. The predicted molar refractivity (Wildman–Crippen MR) is 82.1 cm³/mol. The van der Waals surface area contributed by atoms with E-state index in [0.717, 1.165) is 43.5 Å². The maximum atomic E-state index is 11.4. The zero-order chi connectivity index (χ0) is 14.8. The highest BCUT2D eigenvalue weighted by atomic mass is 16.6. The molecule has 1 unspecified atom stereocenters. The fourth-order valence-electron chi connectivity index (χ4n) is 3.58. The maximum Gasteiger partial charge on any atom is 0.274 e. The van der Waals surface area contributed by atoms with E-state index in [-0.39, 0.29) is 16.7 Å². The molecule has 0 radical (unpaired) electrons. The Bertz CT molecular complexity index is 539. The lowest BCUT2D eigenvalue weighted by Gasteiger charge is -2.27. The summed E-state index contributed by atoms with van der Waals surface area (Å²) in [5.74, 6) is 0. The van der Waals surface area contributed by atoms with Crippen LogP contribution in [-0.4, -0.2) is 22.9 Å². The van der Waals surface area contributed by atoms with Crippen molar-refractivity contribution in [1.29, 1.82) is 0 Å². The van der Waals surface area contributed by atoms with Gasteiger partial charge in [0.25, 0.3) is 5.69 Å². The molecule has 1 saturated heterocycles. The molecular formula is C16H23N3O2. The average Bonchev–Trinajstić information content (AvgIpc) is 2.48. The molecule has 21 heavy (non-hydrogen) atoms. The normalized spacial score (nSPS) is 22.8. The molecule has 1 aromatic rings. The molecule has 1 atom stereocenters. The Morgan fingerprint density at radius 3 is 2.71 bits per heavy atom. The molecule has 5 heteroatoms. The van der Waals surface area contributed by atoms with Crippen LogP contribution in [0.2, 0.25) is 0 Å². The Balaban J connectivity index is 1.92. The van der Waals surface area contributed by atoms with E-state index in [9.17, 15) is 10.1 Å². The Hall–Kier alpha value is -1.46. The van der Waals surface area contributed by atoms with Crippen molar-refractivity contribution >= 4 is 5.69 Å². The highest BCUT2D eigenvalue weighted by Crippen LogP contribution is 2.34. The van der Waals surface area contributed by atoms with Crippen LogP contribution in [0, 0.1) is 10.1 Å². The van der Waals surface area contributed by atoms with Crippen LogP contribution < -0.4 is 5.73 Å². The molecule has 0 spiro atoms.